The predicted molar refractivity (Wildman–Crippen MR) is 73.6 cm³/mol. The number of carbonyl (C=O) groups is 2. The molecule has 0 aromatic heterocycles. The molecule has 1 fully saturated rings. The first-order chi connectivity index (χ1) is 9.40. The van der Waals surface area contributed by atoms with E-state index in [1.807, 2.05) is 0 Å². The second kappa shape index (κ2) is 4.41. The Hall–Kier alpha value is -0.680. The van der Waals surface area contributed by atoms with Crippen LogP contribution in [0.4, 0.5) is 0 Å². The van der Waals surface area contributed by atoms with Crippen molar-refractivity contribution in [2.45, 2.75) is 11.2 Å². The van der Waals surface area contributed by atoms with Gasteiger partial charge in [-0.1, -0.05) is 18.2 Å². The second-order valence-corrected chi connectivity index (χ2v) is 6.28. The summed E-state index contributed by atoms with van der Waals surface area (Å²) >= 11 is 11.6. The summed E-state index contributed by atoms with van der Waals surface area (Å²) in [4.78, 5) is 24.4. The molecule has 6 atom stereocenters. The number of halogens is 2. The Morgan fingerprint density at radius 1 is 1.05 bits per heavy atom. The maximum absolute atomic E-state index is 12.4. The standard InChI is InChI=1S/C14H14Cl2O4/c15-5-13(19)9-3-1-8(12(13)18)7-2-4-10(17)14(20,6-16)11(7)9/h1-4,7-9,11,19-20H,5-6H2/t7-,8+,9-,11-,13+,14?/m1/s1. The third-order valence-corrected chi connectivity index (χ3v) is 5.69. The molecule has 2 N–H and O–H groups in total. The first kappa shape index (κ1) is 14.3. The highest BCUT2D eigenvalue weighted by Crippen LogP contribution is 2.54. The topological polar surface area (TPSA) is 74.6 Å². The smallest absolute Gasteiger partial charge is 0.188 e. The molecule has 4 rings (SSSR count). The minimum Gasteiger partial charge on any atom is -0.380 e. The Bertz CT molecular complexity index is 543. The summed E-state index contributed by atoms with van der Waals surface area (Å²) in [6.07, 6.45) is 6.33. The van der Waals surface area contributed by atoms with Crippen LogP contribution in [0.2, 0.25) is 0 Å². The summed E-state index contributed by atoms with van der Waals surface area (Å²) in [6.45, 7) is 0. The average Bonchev–Trinajstić information content (AvgIpc) is 2.47. The lowest BCUT2D eigenvalue weighted by atomic mass is 9.50. The number of Topliss-reactive ketones (excluding diaryl/α,β-unsaturated/α-hetero) is 1. The van der Waals surface area contributed by atoms with E-state index < -0.39 is 34.7 Å². The van der Waals surface area contributed by atoms with E-state index in [0.29, 0.717) is 0 Å². The normalized spacial score (nSPS) is 49.6. The van der Waals surface area contributed by atoms with Gasteiger partial charge in [-0.2, -0.15) is 0 Å². The average molecular weight is 317 g/mol. The molecule has 0 radical (unpaired) electrons. The quantitative estimate of drug-likeness (QED) is 0.580. The Labute approximate surface area is 126 Å². The summed E-state index contributed by atoms with van der Waals surface area (Å²) in [5, 5.41) is 21.2. The van der Waals surface area contributed by atoms with Crippen LogP contribution in [0.1, 0.15) is 0 Å². The van der Waals surface area contributed by atoms with Crippen LogP contribution in [-0.4, -0.2) is 44.7 Å². The fourth-order valence-electron chi connectivity index (χ4n) is 3.79. The summed E-state index contributed by atoms with van der Waals surface area (Å²) in [5.74, 6) is -3.63. The van der Waals surface area contributed by atoms with Crippen molar-refractivity contribution >= 4 is 34.8 Å². The van der Waals surface area contributed by atoms with Gasteiger partial charge in [0.1, 0.15) is 11.2 Å². The van der Waals surface area contributed by atoms with Gasteiger partial charge in [0.25, 0.3) is 0 Å². The number of ketones is 2. The first-order valence-corrected chi connectivity index (χ1v) is 7.49. The molecular weight excluding hydrogens is 303 g/mol. The molecule has 0 saturated heterocycles. The van der Waals surface area contributed by atoms with Crippen molar-refractivity contribution in [1.82, 2.24) is 0 Å². The number of alkyl halides is 2. The third kappa shape index (κ3) is 1.51. The van der Waals surface area contributed by atoms with Crippen molar-refractivity contribution in [3.05, 3.63) is 24.3 Å². The second-order valence-electron chi connectivity index (χ2n) is 5.74. The molecule has 0 aromatic rings. The first-order valence-electron chi connectivity index (χ1n) is 6.42. The lowest BCUT2D eigenvalue weighted by molar-refractivity contribution is -0.174. The Balaban J connectivity index is 2.17. The van der Waals surface area contributed by atoms with Crippen molar-refractivity contribution in [1.29, 1.82) is 0 Å². The van der Waals surface area contributed by atoms with Crippen LogP contribution >= 0.6 is 23.2 Å². The Morgan fingerprint density at radius 3 is 2.30 bits per heavy atom. The maximum Gasteiger partial charge on any atom is 0.188 e. The maximum atomic E-state index is 12.4. The van der Waals surface area contributed by atoms with Crippen LogP contribution in [0.15, 0.2) is 24.3 Å². The van der Waals surface area contributed by atoms with E-state index in [1.165, 1.54) is 6.08 Å². The van der Waals surface area contributed by atoms with E-state index in [4.69, 9.17) is 23.2 Å². The molecule has 108 valence electrons. The fraction of sp³-hybridized carbons (Fsp3) is 0.571. The molecule has 0 aromatic carbocycles. The van der Waals surface area contributed by atoms with Gasteiger partial charge in [0.15, 0.2) is 11.6 Å². The Morgan fingerprint density at radius 2 is 1.70 bits per heavy atom. The van der Waals surface area contributed by atoms with Gasteiger partial charge in [-0.3, -0.25) is 9.59 Å². The molecule has 1 saturated carbocycles. The van der Waals surface area contributed by atoms with E-state index in [0.717, 1.165) is 0 Å². The summed E-state index contributed by atoms with van der Waals surface area (Å²) in [7, 11) is 0. The van der Waals surface area contributed by atoms with Crippen molar-refractivity contribution in [2.24, 2.45) is 23.7 Å². The van der Waals surface area contributed by atoms with Crippen molar-refractivity contribution < 1.29 is 19.8 Å². The zero-order chi connectivity index (χ0) is 14.7. The highest BCUT2D eigenvalue weighted by atomic mass is 35.5. The molecular formula is C14H14Cl2O4. The number of aliphatic hydroxyl groups is 2. The summed E-state index contributed by atoms with van der Waals surface area (Å²) in [6, 6.07) is 0. The summed E-state index contributed by atoms with van der Waals surface area (Å²) in [5.41, 5.74) is -3.51. The van der Waals surface area contributed by atoms with E-state index in [2.05, 4.69) is 0 Å². The lowest BCUT2D eigenvalue weighted by Gasteiger charge is -2.56. The fourth-order valence-corrected chi connectivity index (χ4v) is 4.41. The van der Waals surface area contributed by atoms with Gasteiger partial charge < -0.3 is 10.2 Å². The van der Waals surface area contributed by atoms with Crippen molar-refractivity contribution in [3.63, 3.8) is 0 Å². The van der Waals surface area contributed by atoms with Gasteiger partial charge >= 0.3 is 0 Å². The van der Waals surface area contributed by atoms with Crippen LogP contribution in [-0.2, 0) is 9.59 Å². The Kier molecular flexibility index (Phi) is 3.14. The van der Waals surface area contributed by atoms with E-state index >= 15 is 0 Å². The molecule has 0 spiro atoms. The molecule has 0 heterocycles. The molecule has 6 heteroatoms. The van der Waals surface area contributed by atoms with Gasteiger partial charge in [-0.05, 0) is 12.0 Å². The molecule has 0 amide bonds. The molecule has 4 aliphatic carbocycles. The summed E-state index contributed by atoms with van der Waals surface area (Å²) < 4.78 is 0. The number of fused-ring (bicyclic) bond motifs is 1. The van der Waals surface area contributed by atoms with Crippen LogP contribution in [0.3, 0.4) is 0 Å². The van der Waals surface area contributed by atoms with Crippen LogP contribution in [0.25, 0.3) is 0 Å². The van der Waals surface area contributed by atoms with E-state index in [9.17, 15) is 19.8 Å². The van der Waals surface area contributed by atoms with Gasteiger partial charge in [0.2, 0.25) is 0 Å². The lowest BCUT2D eigenvalue weighted by Crippen LogP contribution is -2.68. The zero-order valence-electron chi connectivity index (χ0n) is 10.5. The number of hydrogen-bond acceptors (Lipinski definition) is 4. The van der Waals surface area contributed by atoms with Crippen molar-refractivity contribution in [2.75, 3.05) is 11.8 Å². The number of hydrogen-bond donors (Lipinski definition) is 2. The molecule has 4 aliphatic rings. The minimum absolute atomic E-state index is 0.267. The monoisotopic (exact) mass is 316 g/mol. The molecule has 1 unspecified atom stereocenters. The minimum atomic E-state index is -1.77. The van der Waals surface area contributed by atoms with Gasteiger partial charge in [0.05, 0.1) is 11.8 Å². The third-order valence-electron chi connectivity index (χ3n) is 4.88. The number of carbonyl (C=O) groups excluding carboxylic acids is 2. The zero-order valence-corrected chi connectivity index (χ0v) is 12.0. The highest BCUT2D eigenvalue weighted by molar-refractivity contribution is 6.22. The van der Waals surface area contributed by atoms with Gasteiger partial charge in [-0.15, -0.1) is 23.2 Å². The number of allylic oxidation sites excluding steroid dienone is 2. The number of rotatable bonds is 2. The molecule has 4 nitrogen and oxygen atoms in total. The van der Waals surface area contributed by atoms with Gasteiger partial charge in [-0.25, -0.2) is 0 Å². The largest absolute Gasteiger partial charge is 0.380 e. The SMILES string of the molecule is O=C1C=C[C@H]2[C@H]([C@H]3C=C[C@@H]2C(=O)[C@]3(O)CCl)C1(O)CCl. The van der Waals surface area contributed by atoms with E-state index in [-0.39, 0.29) is 23.5 Å². The van der Waals surface area contributed by atoms with Crippen molar-refractivity contribution in [3.8, 4) is 0 Å². The van der Waals surface area contributed by atoms with Crippen LogP contribution in [0.5, 0.6) is 0 Å². The van der Waals surface area contributed by atoms with Crippen LogP contribution in [0, 0.1) is 23.7 Å². The van der Waals surface area contributed by atoms with Crippen LogP contribution < -0.4 is 0 Å². The van der Waals surface area contributed by atoms with Gasteiger partial charge in [0, 0.05) is 17.8 Å². The molecule has 2 bridgehead atoms. The highest BCUT2D eigenvalue weighted by Gasteiger charge is 2.65. The predicted octanol–water partition coefficient (Wildman–Crippen LogP) is 0.682. The van der Waals surface area contributed by atoms with E-state index in [1.54, 1.807) is 18.2 Å². The molecule has 20 heavy (non-hydrogen) atoms. The molecule has 0 aliphatic heterocycles.